The van der Waals surface area contributed by atoms with E-state index in [0.29, 0.717) is 3.57 Å². The molecule has 0 atom stereocenters. The first-order valence-corrected chi connectivity index (χ1v) is 7.13. The molecule has 4 heteroatoms. The first-order valence-electron chi connectivity index (χ1n) is 6.05. The number of rotatable bonds is 2. The van der Waals surface area contributed by atoms with Gasteiger partial charge in [0.2, 0.25) is 0 Å². The van der Waals surface area contributed by atoms with Crippen molar-refractivity contribution in [1.82, 2.24) is 9.97 Å². The van der Waals surface area contributed by atoms with Crippen molar-refractivity contribution < 1.29 is 4.39 Å². The Kier molecular flexibility index (Phi) is 3.73. The molecule has 3 aromatic rings. The SMILES string of the molecule is Fc1cc(-c2cccnc2)cc(-c2ccncc2)c1I. The van der Waals surface area contributed by atoms with E-state index in [4.69, 9.17) is 0 Å². The highest BCUT2D eigenvalue weighted by atomic mass is 127. The van der Waals surface area contributed by atoms with Crippen molar-refractivity contribution in [2.45, 2.75) is 0 Å². The molecule has 20 heavy (non-hydrogen) atoms. The lowest BCUT2D eigenvalue weighted by atomic mass is 10.0. The van der Waals surface area contributed by atoms with E-state index in [2.05, 4.69) is 9.97 Å². The zero-order valence-electron chi connectivity index (χ0n) is 10.4. The van der Waals surface area contributed by atoms with Gasteiger partial charge < -0.3 is 0 Å². The molecular weight excluding hydrogens is 366 g/mol. The standard InChI is InChI=1S/C16H10FIN2/c17-15-9-13(12-2-1-5-20-10-12)8-14(16(15)18)11-3-6-19-7-4-11/h1-10H. The molecule has 0 saturated heterocycles. The van der Waals surface area contributed by atoms with Crippen LogP contribution in [0.15, 0.2) is 61.2 Å². The molecular formula is C16H10FIN2. The van der Waals surface area contributed by atoms with Gasteiger partial charge >= 0.3 is 0 Å². The second kappa shape index (κ2) is 5.66. The van der Waals surface area contributed by atoms with E-state index in [9.17, 15) is 4.39 Å². The van der Waals surface area contributed by atoms with Crippen molar-refractivity contribution in [2.75, 3.05) is 0 Å². The van der Waals surface area contributed by atoms with Crippen LogP contribution in [0.25, 0.3) is 22.3 Å². The largest absolute Gasteiger partial charge is 0.265 e. The summed E-state index contributed by atoms with van der Waals surface area (Å²) in [7, 11) is 0. The van der Waals surface area contributed by atoms with Gasteiger partial charge in [0.25, 0.3) is 0 Å². The quantitative estimate of drug-likeness (QED) is 0.613. The average Bonchev–Trinajstić information content (AvgIpc) is 2.51. The van der Waals surface area contributed by atoms with Gasteiger partial charge in [-0.05, 0) is 69.6 Å². The number of hydrogen-bond acceptors (Lipinski definition) is 2. The van der Waals surface area contributed by atoms with Crippen LogP contribution in [0.4, 0.5) is 4.39 Å². The number of benzene rings is 1. The van der Waals surface area contributed by atoms with E-state index in [1.54, 1.807) is 30.9 Å². The van der Waals surface area contributed by atoms with Crippen LogP contribution in [0, 0.1) is 9.39 Å². The molecule has 0 aliphatic heterocycles. The summed E-state index contributed by atoms with van der Waals surface area (Å²) in [5, 5.41) is 0. The maximum absolute atomic E-state index is 14.2. The van der Waals surface area contributed by atoms with Crippen LogP contribution in [0.2, 0.25) is 0 Å². The molecule has 2 heterocycles. The smallest absolute Gasteiger partial charge is 0.137 e. The summed E-state index contributed by atoms with van der Waals surface area (Å²) < 4.78 is 14.8. The van der Waals surface area contributed by atoms with Crippen molar-refractivity contribution in [2.24, 2.45) is 0 Å². The van der Waals surface area contributed by atoms with E-state index in [1.165, 1.54) is 0 Å². The summed E-state index contributed by atoms with van der Waals surface area (Å²) >= 11 is 2.03. The van der Waals surface area contributed by atoms with Crippen molar-refractivity contribution in [3.63, 3.8) is 0 Å². The second-order valence-electron chi connectivity index (χ2n) is 4.30. The lowest BCUT2D eigenvalue weighted by Crippen LogP contribution is -1.91. The van der Waals surface area contributed by atoms with Gasteiger partial charge in [-0.3, -0.25) is 9.97 Å². The van der Waals surface area contributed by atoms with Crippen molar-refractivity contribution in [3.8, 4) is 22.3 Å². The van der Waals surface area contributed by atoms with E-state index < -0.39 is 0 Å². The molecule has 3 rings (SSSR count). The third kappa shape index (κ3) is 2.56. The summed E-state index contributed by atoms with van der Waals surface area (Å²) in [5.41, 5.74) is 3.54. The highest BCUT2D eigenvalue weighted by molar-refractivity contribution is 14.1. The summed E-state index contributed by atoms with van der Waals surface area (Å²) in [4.78, 5) is 8.08. The highest BCUT2D eigenvalue weighted by Crippen LogP contribution is 2.32. The molecule has 2 nitrogen and oxygen atoms in total. The van der Waals surface area contributed by atoms with Gasteiger partial charge in [-0.25, -0.2) is 4.39 Å². The Morgan fingerprint density at radius 3 is 2.35 bits per heavy atom. The van der Waals surface area contributed by atoms with E-state index in [0.717, 1.165) is 22.3 Å². The Hall–Kier alpha value is -1.82. The fourth-order valence-electron chi connectivity index (χ4n) is 2.03. The Balaban J connectivity index is 2.19. The highest BCUT2D eigenvalue weighted by Gasteiger charge is 2.11. The van der Waals surface area contributed by atoms with Gasteiger partial charge in [0, 0.05) is 30.4 Å². The van der Waals surface area contributed by atoms with Crippen LogP contribution in [-0.4, -0.2) is 9.97 Å². The van der Waals surface area contributed by atoms with Crippen LogP contribution >= 0.6 is 22.6 Å². The summed E-state index contributed by atoms with van der Waals surface area (Å²) in [6.45, 7) is 0. The van der Waals surface area contributed by atoms with Crippen molar-refractivity contribution in [1.29, 1.82) is 0 Å². The van der Waals surface area contributed by atoms with Crippen LogP contribution in [0.5, 0.6) is 0 Å². The fraction of sp³-hybridized carbons (Fsp3) is 0. The number of hydrogen-bond donors (Lipinski definition) is 0. The maximum atomic E-state index is 14.2. The Morgan fingerprint density at radius 2 is 1.65 bits per heavy atom. The van der Waals surface area contributed by atoms with Crippen molar-refractivity contribution in [3.05, 3.63) is 70.6 Å². The monoisotopic (exact) mass is 376 g/mol. The van der Waals surface area contributed by atoms with Gasteiger partial charge in [0.05, 0.1) is 3.57 Å². The Labute approximate surface area is 129 Å². The van der Waals surface area contributed by atoms with Gasteiger partial charge in [0.1, 0.15) is 5.82 Å². The zero-order valence-corrected chi connectivity index (χ0v) is 12.6. The molecule has 0 radical (unpaired) electrons. The van der Waals surface area contributed by atoms with Crippen LogP contribution in [0.1, 0.15) is 0 Å². The third-order valence-corrected chi connectivity index (χ3v) is 4.11. The maximum Gasteiger partial charge on any atom is 0.137 e. The third-order valence-electron chi connectivity index (χ3n) is 3.01. The van der Waals surface area contributed by atoms with Gasteiger partial charge in [-0.1, -0.05) is 6.07 Å². The van der Waals surface area contributed by atoms with Crippen LogP contribution < -0.4 is 0 Å². The topological polar surface area (TPSA) is 25.8 Å². The summed E-state index contributed by atoms with van der Waals surface area (Å²) in [6, 6.07) is 11.1. The van der Waals surface area contributed by atoms with Gasteiger partial charge in [-0.15, -0.1) is 0 Å². The minimum Gasteiger partial charge on any atom is -0.265 e. The molecule has 0 amide bonds. The lowest BCUT2D eigenvalue weighted by molar-refractivity contribution is 0.621. The molecule has 0 aliphatic carbocycles. The molecule has 0 bridgehead atoms. The van der Waals surface area contributed by atoms with E-state index in [1.807, 2.05) is 52.9 Å². The minimum absolute atomic E-state index is 0.223. The molecule has 1 aromatic carbocycles. The molecule has 0 fully saturated rings. The van der Waals surface area contributed by atoms with E-state index in [-0.39, 0.29) is 5.82 Å². The molecule has 2 aromatic heterocycles. The molecule has 0 aliphatic rings. The average molecular weight is 376 g/mol. The van der Waals surface area contributed by atoms with Crippen molar-refractivity contribution >= 4 is 22.6 Å². The predicted molar refractivity (Wildman–Crippen MR) is 85.6 cm³/mol. The normalized spacial score (nSPS) is 10.5. The second-order valence-corrected chi connectivity index (χ2v) is 5.38. The number of pyridine rings is 2. The molecule has 0 spiro atoms. The van der Waals surface area contributed by atoms with Crippen LogP contribution in [-0.2, 0) is 0 Å². The fourth-order valence-corrected chi connectivity index (χ4v) is 2.65. The van der Waals surface area contributed by atoms with Gasteiger partial charge in [0.15, 0.2) is 0 Å². The van der Waals surface area contributed by atoms with Gasteiger partial charge in [-0.2, -0.15) is 0 Å². The van der Waals surface area contributed by atoms with Crippen LogP contribution in [0.3, 0.4) is 0 Å². The zero-order chi connectivity index (χ0) is 13.9. The minimum atomic E-state index is -0.223. The molecule has 0 N–H and O–H groups in total. The number of aromatic nitrogens is 2. The molecule has 0 saturated carbocycles. The lowest BCUT2D eigenvalue weighted by Gasteiger charge is -2.09. The Morgan fingerprint density at radius 1 is 0.850 bits per heavy atom. The summed E-state index contributed by atoms with van der Waals surface area (Å²) in [5.74, 6) is -0.223. The molecule has 98 valence electrons. The first kappa shape index (κ1) is 13.2. The number of halogens is 2. The first-order chi connectivity index (χ1) is 9.75. The Bertz CT molecular complexity index is 730. The predicted octanol–water partition coefficient (Wildman–Crippen LogP) is 4.55. The van der Waals surface area contributed by atoms with E-state index >= 15 is 0 Å². The molecule has 0 unspecified atom stereocenters. The number of nitrogens with zero attached hydrogens (tertiary/aromatic N) is 2. The summed E-state index contributed by atoms with van der Waals surface area (Å²) in [6.07, 6.45) is 6.86.